The lowest BCUT2D eigenvalue weighted by atomic mass is 10.1. The standard InChI is InChI=1S/C31H30NOP/c1-4-31(34(33,29-11-7-5-8-12-29)30-13-9-6-10-14-30)28-17-15-26(16-18-28)22-32-23-27-20-24(2)19-25(3)21-27/h1,5-21,31-32H,22-23H2,2-3H3. The summed E-state index contributed by atoms with van der Waals surface area (Å²) in [6.45, 7) is 5.82. The van der Waals surface area contributed by atoms with Crippen LogP contribution in [0.25, 0.3) is 0 Å². The molecule has 4 aromatic rings. The number of rotatable bonds is 8. The monoisotopic (exact) mass is 463 g/mol. The lowest BCUT2D eigenvalue weighted by molar-refractivity contribution is 0.584. The molecule has 0 fully saturated rings. The van der Waals surface area contributed by atoms with Crippen LogP contribution in [0.1, 0.15) is 33.5 Å². The number of hydrogen-bond donors (Lipinski definition) is 1. The number of hydrogen-bond acceptors (Lipinski definition) is 2. The quantitative estimate of drug-likeness (QED) is 0.246. The smallest absolute Gasteiger partial charge is 0.161 e. The summed E-state index contributed by atoms with van der Waals surface area (Å²) < 4.78 is 14.7. The number of benzene rings is 4. The molecule has 2 nitrogen and oxygen atoms in total. The third-order valence-corrected chi connectivity index (χ3v) is 9.34. The van der Waals surface area contributed by atoms with Gasteiger partial charge in [0, 0.05) is 23.7 Å². The molecule has 0 bridgehead atoms. The Bertz CT molecular complexity index is 1260. The largest absolute Gasteiger partial charge is 0.312 e. The maximum Gasteiger partial charge on any atom is 0.161 e. The van der Waals surface area contributed by atoms with Crippen LogP contribution in [0, 0.1) is 26.2 Å². The predicted octanol–water partition coefficient (Wildman–Crippen LogP) is 6.28. The first-order valence-corrected chi connectivity index (χ1v) is 13.3. The molecular formula is C31H30NOP. The van der Waals surface area contributed by atoms with Gasteiger partial charge in [-0.05, 0) is 30.5 Å². The Labute approximate surface area is 203 Å². The highest BCUT2D eigenvalue weighted by Gasteiger charge is 2.36. The fourth-order valence-electron chi connectivity index (χ4n) is 4.50. The molecule has 3 heteroatoms. The molecule has 0 saturated carbocycles. The second-order valence-corrected chi connectivity index (χ2v) is 11.6. The molecule has 0 heterocycles. The summed E-state index contributed by atoms with van der Waals surface area (Å²) in [6.07, 6.45) is 6.04. The molecule has 0 aliphatic rings. The number of nitrogens with one attached hydrogen (secondary N) is 1. The van der Waals surface area contributed by atoms with Gasteiger partial charge in [-0.1, -0.05) is 120 Å². The van der Waals surface area contributed by atoms with E-state index in [0.29, 0.717) is 0 Å². The summed E-state index contributed by atoms with van der Waals surface area (Å²) >= 11 is 0. The molecule has 4 rings (SSSR count). The molecule has 34 heavy (non-hydrogen) atoms. The Balaban J connectivity index is 1.56. The Hall–Kier alpha value is -3.37. The van der Waals surface area contributed by atoms with Crippen LogP contribution in [0.5, 0.6) is 0 Å². The average molecular weight is 464 g/mol. The molecular weight excluding hydrogens is 433 g/mol. The van der Waals surface area contributed by atoms with Crippen LogP contribution in [-0.2, 0) is 17.7 Å². The van der Waals surface area contributed by atoms with Gasteiger partial charge in [0.05, 0.1) is 0 Å². The van der Waals surface area contributed by atoms with Crippen LogP contribution in [0.2, 0.25) is 0 Å². The van der Waals surface area contributed by atoms with Crippen molar-refractivity contribution in [3.63, 3.8) is 0 Å². The van der Waals surface area contributed by atoms with Crippen molar-refractivity contribution in [2.45, 2.75) is 32.6 Å². The first kappa shape index (κ1) is 23.8. The van der Waals surface area contributed by atoms with Crippen molar-refractivity contribution in [2.24, 2.45) is 0 Å². The molecule has 0 radical (unpaired) electrons. The predicted molar refractivity (Wildman–Crippen MR) is 144 cm³/mol. The zero-order valence-corrected chi connectivity index (χ0v) is 20.6. The van der Waals surface area contributed by atoms with Crippen molar-refractivity contribution in [3.8, 4) is 12.3 Å². The van der Waals surface area contributed by atoms with Crippen molar-refractivity contribution in [1.82, 2.24) is 5.32 Å². The van der Waals surface area contributed by atoms with Crippen molar-refractivity contribution in [3.05, 3.63) is 131 Å². The highest BCUT2D eigenvalue weighted by molar-refractivity contribution is 7.79. The molecule has 0 aliphatic carbocycles. The third kappa shape index (κ3) is 5.23. The van der Waals surface area contributed by atoms with Gasteiger partial charge in [-0.2, -0.15) is 0 Å². The lowest BCUT2D eigenvalue weighted by Crippen LogP contribution is -2.21. The van der Waals surface area contributed by atoms with Crippen LogP contribution < -0.4 is 15.9 Å². The van der Waals surface area contributed by atoms with Crippen molar-refractivity contribution in [1.29, 1.82) is 0 Å². The topological polar surface area (TPSA) is 29.1 Å². The van der Waals surface area contributed by atoms with Gasteiger partial charge in [-0.15, -0.1) is 6.42 Å². The normalized spacial score (nSPS) is 12.1. The molecule has 0 amide bonds. The van der Waals surface area contributed by atoms with E-state index >= 15 is 0 Å². The molecule has 1 atom stereocenters. The maximum absolute atomic E-state index is 14.7. The summed E-state index contributed by atoms with van der Waals surface area (Å²) in [5.74, 6) is 2.87. The van der Waals surface area contributed by atoms with E-state index in [1.807, 2.05) is 72.8 Å². The molecule has 0 aliphatic heterocycles. The number of aryl methyl sites for hydroxylation is 2. The second kappa shape index (κ2) is 10.7. The first-order valence-electron chi connectivity index (χ1n) is 11.5. The summed E-state index contributed by atoms with van der Waals surface area (Å²) in [7, 11) is -3.09. The van der Waals surface area contributed by atoms with E-state index in [0.717, 1.165) is 34.8 Å². The summed E-state index contributed by atoms with van der Waals surface area (Å²) in [5, 5.41) is 5.08. The molecule has 170 valence electrons. The minimum absolute atomic E-state index is 0.533. The van der Waals surface area contributed by atoms with Crippen LogP contribution in [0.15, 0.2) is 103 Å². The van der Waals surface area contributed by atoms with Gasteiger partial charge in [0.15, 0.2) is 7.14 Å². The Morgan fingerprint density at radius 2 is 1.24 bits per heavy atom. The van der Waals surface area contributed by atoms with Crippen LogP contribution in [0.3, 0.4) is 0 Å². The van der Waals surface area contributed by atoms with Gasteiger partial charge in [0.25, 0.3) is 0 Å². The van der Waals surface area contributed by atoms with Crippen LogP contribution in [0.4, 0.5) is 0 Å². The highest BCUT2D eigenvalue weighted by atomic mass is 31.2. The minimum Gasteiger partial charge on any atom is -0.312 e. The third-order valence-electron chi connectivity index (χ3n) is 6.04. The maximum atomic E-state index is 14.7. The molecule has 0 aromatic heterocycles. The average Bonchev–Trinajstić information content (AvgIpc) is 2.86. The summed E-state index contributed by atoms with van der Waals surface area (Å²) in [4.78, 5) is 0. The van der Waals surface area contributed by atoms with E-state index in [9.17, 15) is 4.57 Å². The van der Waals surface area contributed by atoms with E-state index in [-0.39, 0.29) is 0 Å². The summed E-state index contributed by atoms with van der Waals surface area (Å²) in [6, 6.07) is 34.0. The van der Waals surface area contributed by atoms with E-state index in [2.05, 4.69) is 55.4 Å². The van der Waals surface area contributed by atoms with E-state index in [4.69, 9.17) is 6.42 Å². The lowest BCUT2D eigenvalue weighted by Gasteiger charge is -2.26. The van der Waals surface area contributed by atoms with Gasteiger partial charge >= 0.3 is 0 Å². The van der Waals surface area contributed by atoms with E-state index in [1.54, 1.807) is 0 Å². The SMILES string of the molecule is C#CC(c1ccc(CNCc2cc(C)cc(C)c2)cc1)P(=O)(c1ccccc1)c1ccccc1. The fraction of sp³-hybridized carbons (Fsp3) is 0.161. The molecule has 1 N–H and O–H groups in total. The van der Waals surface area contributed by atoms with Crippen LogP contribution >= 0.6 is 7.14 Å². The first-order chi connectivity index (χ1) is 16.5. The Kier molecular flexibility index (Phi) is 7.49. The van der Waals surface area contributed by atoms with Gasteiger partial charge in [-0.3, -0.25) is 0 Å². The molecule has 0 saturated heterocycles. The van der Waals surface area contributed by atoms with Gasteiger partial charge in [0.2, 0.25) is 0 Å². The van der Waals surface area contributed by atoms with E-state index in [1.165, 1.54) is 16.7 Å². The van der Waals surface area contributed by atoms with Gasteiger partial charge in [0.1, 0.15) is 5.66 Å². The summed E-state index contributed by atoms with van der Waals surface area (Å²) in [5.41, 5.74) is 5.38. The Morgan fingerprint density at radius 1 is 0.735 bits per heavy atom. The minimum atomic E-state index is -3.09. The number of terminal acetylenes is 1. The van der Waals surface area contributed by atoms with Crippen molar-refractivity contribution >= 4 is 17.8 Å². The fourth-order valence-corrected chi connectivity index (χ4v) is 7.42. The van der Waals surface area contributed by atoms with Crippen molar-refractivity contribution < 1.29 is 4.57 Å². The molecule has 0 spiro atoms. The van der Waals surface area contributed by atoms with Crippen molar-refractivity contribution in [2.75, 3.05) is 0 Å². The molecule has 1 unspecified atom stereocenters. The Morgan fingerprint density at radius 3 is 1.74 bits per heavy atom. The van der Waals surface area contributed by atoms with Gasteiger partial charge in [-0.25, -0.2) is 0 Å². The van der Waals surface area contributed by atoms with Crippen LogP contribution in [-0.4, -0.2) is 0 Å². The molecule has 4 aromatic carbocycles. The zero-order chi connectivity index (χ0) is 24.0. The zero-order valence-electron chi connectivity index (χ0n) is 19.7. The highest BCUT2D eigenvalue weighted by Crippen LogP contribution is 2.56. The second-order valence-electron chi connectivity index (χ2n) is 8.74. The van der Waals surface area contributed by atoms with Gasteiger partial charge < -0.3 is 9.88 Å². The van der Waals surface area contributed by atoms with E-state index < -0.39 is 12.8 Å².